The van der Waals surface area contributed by atoms with Crippen LogP contribution in [0, 0.1) is 12.8 Å². The number of rotatable bonds is 4. The molecule has 0 radical (unpaired) electrons. The summed E-state index contributed by atoms with van der Waals surface area (Å²) in [6, 6.07) is 0. The lowest BCUT2D eigenvalue weighted by Gasteiger charge is -2.02. The number of carboxylic acids is 1. The fraction of sp³-hybridized carbons (Fsp3) is 0.545. The van der Waals surface area contributed by atoms with Crippen LogP contribution in [-0.2, 0) is 6.42 Å². The smallest absolute Gasteiger partial charge is 0.354 e. The predicted octanol–water partition coefficient (Wildman–Crippen LogP) is 1.83. The van der Waals surface area contributed by atoms with Crippen molar-refractivity contribution in [3.63, 3.8) is 0 Å². The minimum absolute atomic E-state index is 0.135. The topological polar surface area (TPSA) is 63.1 Å². The van der Waals surface area contributed by atoms with Crippen LogP contribution in [0.4, 0.5) is 0 Å². The van der Waals surface area contributed by atoms with Crippen LogP contribution in [0.5, 0.6) is 0 Å². The van der Waals surface area contributed by atoms with Gasteiger partial charge in [-0.2, -0.15) is 0 Å². The summed E-state index contributed by atoms with van der Waals surface area (Å²) in [6.45, 7) is 1.72. The van der Waals surface area contributed by atoms with Gasteiger partial charge in [0.25, 0.3) is 0 Å². The number of aryl methyl sites for hydroxylation is 2. The second-order valence-electron chi connectivity index (χ2n) is 4.11. The lowest BCUT2D eigenvalue weighted by molar-refractivity contribution is 0.0689. The second kappa shape index (κ2) is 3.96. The molecule has 0 spiro atoms. The highest BCUT2D eigenvalue weighted by atomic mass is 16.4. The van der Waals surface area contributed by atoms with Gasteiger partial charge in [0.1, 0.15) is 5.82 Å². The summed E-state index contributed by atoms with van der Waals surface area (Å²) in [7, 11) is 0. The van der Waals surface area contributed by atoms with Gasteiger partial charge in [0.2, 0.25) is 0 Å². The van der Waals surface area contributed by atoms with Crippen molar-refractivity contribution >= 4 is 5.97 Å². The van der Waals surface area contributed by atoms with Crippen molar-refractivity contribution in [1.29, 1.82) is 0 Å². The Morgan fingerprint density at radius 1 is 1.60 bits per heavy atom. The molecule has 1 fully saturated rings. The van der Waals surface area contributed by atoms with Crippen LogP contribution in [0.3, 0.4) is 0 Å². The Kier molecular flexibility index (Phi) is 2.66. The van der Waals surface area contributed by atoms with E-state index in [4.69, 9.17) is 5.11 Å². The van der Waals surface area contributed by atoms with E-state index in [9.17, 15) is 4.79 Å². The number of carboxylic acid groups (broad SMARTS) is 1. The summed E-state index contributed by atoms with van der Waals surface area (Å²) in [4.78, 5) is 19.0. The molecule has 80 valence electrons. The van der Waals surface area contributed by atoms with E-state index in [1.807, 2.05) is 0 Å². The van der Waals surface area contributed by atoms with Crippen molar-refractivity contribution in [2.45, 2.75) is 32.6 Å². The fourth-order valence-corrected chi connectivity index (χ4v) is 1.56. The van der Waals surface area contributed by atoms with E-state index >= 15 is 0 Å². The highest BCUT2D eigenvalue weighted by molar-refractivity contribution is 5.86. The molecular weight excluding hydrogens is 192 g/mol. The first kappa shape index (κ1) is 10.1. The molecule has 1 aromatic rings. The van der Waals surface area contributed by atoms with Crippen LogP contribution >= 0.6 is 0 Å². The molecule has 1 aliphatic carbocycles. The van der Waals surface area contributed by atoms with Gasteiger partial charge in [0.15, 0.2) is 5.69 Å². The van der Waals surface area contributed by atoms with Crippen LogP contribution in [0.1, 0.15) is 41.1 Å². The van der Waals surface area contributed by atoms with Gasteiger partial charge in [0.05, 0.1) is 0 Å². The minimum Gasteiger partial charge on any atom is -0.477 e. The molecule has 0 unspecified atom stereocenters. The molecule has 1 N–H and O–H groups in total. The van der Waals surface area contributed by atoms with Gasteiger partial charge in [-0.15, -0.1) is 0 Å². The molecule has 15 heavy (non-hydrogen) atoms. The van der Waals surface area contributed by atoms with Crippen LogP contribution < -0.4 is 0 Å². The molecule has 0 bridgehead atoms. The Balaban J connectivity index is 2.10. The molecule has 0 aromatic carbocycles. The monoisotopic (exact) mass is 206 g/mol. The first-order valence-electron chi connectivity index (χ1n) is 5.22. The van der Waals surface area contributed by atoms with Gasteiger partial charge < -0.3 is 5.11 Å². The molecule has 0 amide bonds. The molecule has 4 heteroatoms. The van der Waals surface area contributed by atoms with Crippen LogP contribution in [0.25, 0.3) is 0 Å². The molecule has 1 heterocycles. The van der Waals surface area contributed by atoms with Crippen molar-refractivity contribution in [2.24, 2.45) is 5.92 Å². The molecule has 4 nitrogen and oxygen atoms in total. The summed E-state index contributed by atoms with van der Waals surface area (Å²) >= 11 is 0. The van der Waals surface area contributed by atoms with Crippen LogP contribution in [-0.4, -0.2) is 21.0 Å². The van der Waals surface area contributed by atoms with Crippen LogP contribution in [0.15, 0.2) is 6.20 Å². The second-order valence-corrected chi connectivity index (χ2v) is 4.11. The van der Waals surface area contributed by atoms with Crippen molar-refractivity contribution in [2.75, 3.05) is 0 Å². The molecule has 1 saturated carbocycles. The summed E-state index contributed by atoms with van der Waals surface area (Å²) in [5, 5.41) is 8.89. The van der Waals surface area contributed by atoms with Gasteiger partial charge in [-0.3, -0.25) is 0 Å². The highest BCUT2D eigenvalue weighted by Crippen LogP contribution is 2.33. The maximum atomic E-state index is 10.8. The third-order valence-electron chi connectivity index (χ3n) is 2.70. The summed E-state index contributed by atoms with van der Waals surface area (Å²) in [6.07, 6.45) is 6.08. The number of nitrogens with zero attached hydrogens (tertiary/aromatic N) is 2. The van der Waals surface area contributed by atoms with E-state index < -0.39 is 5.97 Å². The van der Waals surface area contributed by atoms with Crippen molar-refractivity contribution in [1.82, 2.24) is 9.97 Å². The largest absolute Gasteiger partial charge is 0.477 e. The van der Waals surface area contributed by atoms with Gasteiger partial charge in [0, 0.05) is 18.2 Å². The van der Waals surface area contributed by atoms with E-state index in [0.717, 1.165) is 18.8 Å². The van der Waals surface area contributed by atoms with Gasteiger partial charge in [-0.25, -0.2) is 14.8 Å². The van der Waals surface area contributed by atoms with E-state index in [-0.39, 0.29) is 5.69 Å². The molecule has 0 atom stereocenters. The average Bonchev–Trinajstić information content (AvgIpc) is 3.00. The fourth-order valence-electron chi connectivity index (χ4n) is 1.56. The van der Waals surface area contributed by atoms with Gasteiger partial charge >= 0.3 is 5.97 Å². The molecular formula is C11H14N2O2. The van der Waals surface area contributed by atoms with E-state index in [2.05, 4.69) is 9.97 Å². The van der Waals surface area contributed by atoms with E-state index in [1.54, 1.807) is 13.1 Å². The zero-order valence-electron chi connectivity index (χ0n) is 8.73. The third-order valence-corrected chi connectivity index (χ3v) is 2.70. The van der Waals surface area contributed by atoms with Gasteiger partial charge in [-0.1, -0.05) is 12.8 Å². The Morgan fingerprint density at radius 2 is 2.33 bits per heavy atom. The molecule has 1 aliphatic rings. The normalized spacial score (nSPS) is 15.3. The zero-order valence-corrected chi connectivity index (χ0v) is 8.73. The SMILES string of the molecule is Cc1cnc(CCC2CC2)nc1C(=O)O. The first-order chi connectivity index (χ1) is 7.16. The number of aromatic carboxylic acids is 1. The summed E-state index contributed by atoms with van der Waals surface area (Å²) in [5.74, 6) is 0.510. The maximum Gasteiger partial charge on any atom is 0.354 e. The number of hydrogen-bond acceptors (Lipinski definition) is 3. The predicted molar refractivity (Wildman–Crippen MR) is 54.8 cm³/mol. The number of carbonyl (C=O) groups is 1. The third kappa shape index (κ3) is 2.52. The number of hydrogen-bond donors (Lipinski definition) is 1. The molecule has 1 aromatic heterocycles. The van der Waals surface area contributed by atoms with Crippen molar-refractivity contribution in [3.8, 4) is 0 Å². The summed E-state index contributed by atoms with van der Waals surface area (Å²) in [5.41, 5.74) is 0.758. The standard InChI is InChI=1S/C11H14N2O2/c1-7-6-12-9(5-4-8-2-3-8)13-10(7)11(14)15/h6,8H,2-5H2,1H3,(H,14,15). The quantitative estimate of drug-likeness (QED) is 0.816. The summed E-state index contributed by atoms with van der Waals surface area (Å²) < 4.78 is 0. The average molecular weight is 206 g/mol. The lowest BCUT2D eigenvalue weighted by Crippen LogP contribution is -2.08. The Hall–Kier alpha value is -1.45. The van der Waals surface area contributed by atoms with E-state index in [0.29, 0.717) is 11.4 Å². The minimum atomic E-state index is -0.970. The lowest BCUT2D eigenvalue weighted by atomic mass is 10.2. The Labute approximate surface area is 88.4 Å². The van der Waals surface area contributed by atoms with Gasteiger partial charge in [-0.05, 0) is 19.3 Å². The van der Waals surface area contributed by atoms with Crippen molar-refractivity contribution in [3.05, 3.63) is 23.3 Å². The molecule has 2 rings (SSSR count). The number of aromatic nitrogens is 2. The van der Waals surface area contributed by atoms with Crippen LogP contribution in [0.2, 0.25) is 0 Å². The Morgan fingerprint density at radius 3 is 2.93 bits per heavy atom. The Bertz CT molecular complexity index is 386. The highest BCUT2D eigenvalue weighted by Gasteiger charge is 2.21. The van der Waals surface area contributed by atoms with E-state index in [1.165, 1.54) is 12.8 Å². The molecule has 0 saturated heterocycles. The first-order valence-corrected chi connectivity index (χ1v) is 5.22. The molecule has 0 aliphatic heterocycles. The maximum absolute atomic E-state index is 10.8. The van der Waals surface area contributed by atoms with Crippen molar-refractivity contribution < 1.29 is 9.90 Å². The zero-order chi connectivity index (χ0) is 10.8.